The van der Waals surface area contributed by atoms with Gasteiger partial charge >= 0.3 is 0 Å². The largest absolute Gasteiger partial charge is 0.494 e. The first-order chi connectivity index (χ1) is 18.9. The molecular weight excluding hydrogens is 523 g/mol. The van der Waals surface area contributed by atoms with Gasteiger partial charge in [-0.3, -0.25) is 9.69 Å². The number of carbonyl (C=O) groups is 1. The number of ether oxygens (including phenoxy) is 1. The molecule has 0 bridgehead atoms. The fraction of sp³-hybridized carbons (Fsp3) is 0.406. The summed E-state index contributed by atoms with van der Waals surface area (Å²) < 4.78 is 8.43. The third-order valence-corrected chi connectivity index (χ3v) is 8.38. The molecule has 1 fully saturated rings. The van der Waals surface area contributed by atoms with E-state index in [1.54, 1.807) is 4.90 Å². The van der Waals surface area contributed by atoms with Gasteiger partial charge in [0.15, 0.2) is 0 Å². The highest BCUT2D eigenvalue weighted by atomic mass is 32.2. The van der Waals surface area contributed by atoms with Crippen molar-refractivity contribution in [3.05, 3.63) is 71.3 Å². The molecule has 3 aromatic rings. The van der Waals surface area contributed by atoms with Gasteiger partial charge in [0, 0.05) is 23.9 Å². The molecule has 1 saturated heterocycles. The fourth-order valence-corrected chi connectivity index (χ4v) is 5.79. The number of carbonyl (C=O) groups excluding carboxylic acids is 1. The maximum Gasteiger partial charge on any atom is 0.266 e. The van der Waals surface area contributed by atoms with E-state index in [1.165, 1.54) is 18.2 Å². The molecule has 2 heterocycles. The van der Waals surface area contributed by atoms with E-state index in [1.807, 2.05) is 71.6 Å². The zero-order chi connectivity index (χ0) is 27.8. The molecule has 1 unspecified atom stereocenters. The Morgan fingerprint density at radius 2 is 1.79 bits per heavy atom. The number of nitrogens with zero attached hydrogens (tertiary/aromatic N) is 3. The summed E-state index contributed by atoms with van der Waals surface area (Å²) >= 11 is 7.04. The van der Waals surface area contributed by atoms with Crippen LogP contribution in [0, 0.1) is 11.8 Å². The lowest BCUT2D eigenvalue weighted by atomic mass is 9.99. The van der Waals surface area contributed by atoms with Crippen LogP contribution >= 0.6 is 24.0 Å². The van der Waals surface area contributed by atoms with Gasteiger partial charge in [0.1, 0.15) is 10.1 Å². The second-order valence-electron chi connectivity index (χ2n) is 10.5. The summed E-state index contributed by atoms with van der Waals surface area (Å²) in [5.74, 6) is 1.90. The molecule has 0 radical (unpaired) electrons. The maximum absolute atomic E-state index is 13.5. The average Bonchev–Trinajstić information content (AvgIpc) is 3.47. The Bertz CT molecular complexity index is 1280. The Hall–Kier alpha value is -2.90. The molecule has 206 valence electrons. The molecule has 1 atom stereocenters. The van der Waals surface area contributed by atoms with E-state index in [4.69, 9.17) is 22.1 Å². The Morgan fingerprint density at radius 1 is 1.05 bits per heavy atom. The first-order valence-corrected chi connectivity index (χ1v) is 15.3. The third kappa shape index (κ3) is 7.61. The summed E-state index contributed by atoms with van der Waals surface area (Å²) in [5, 5.41) is 4.93. The number of amides is 1. The lowest BCUT2D eigenvalue weighted by molar-refractivity contribution is -0.122. The van der Waals surface area contributed by atoms with Crippen molar-refractivity contribution >= 4 is 40.3 Å². The molecule has 2 aromatic carbocycles. The monoisotopic (exact) mass is 561 g/mol. The normalized spacial score (nSPS) is 15.5. The SMILES string of the molecule is CCCCC(CC)CN1C(=O)/C(=C\c2cn(-c3ccccc3)nc2-c2ccc(OCCC(C)C)cc2)SC1=S. The van der Waals surface area contributed by atoms with Crippen LogP contribution in [0.25, 0.3) is 23.0 Å². The predicted octanol–water partition coefficient (Wildman–Crippen LogP) is 8.38. The van der Waals surface area contributed by atoms with Crippen LogP contribution < -0.4 is 4.74 Å². The number of hydrogen-bond acceptors (Lipinski definition) is 5. The molecule has 0 aliphatic carbocycles. The van der Waals surface area contributed by atoms with Crippen molar-refractivity contribution < 1.29 is 9.53 Å². The van der Waals surface area contributed by atoms with Crippen LogP contribution in [-0.4, -0.2) is 38.1 Å². The molecule has 1 aromatic heterocycles. The molecule has 4 rings (SSSR count). The lowest BCUT2D eigenvalue weighted by Gasteiger charge is -2.21. The number of rotatable bonds is 13. The summed E-state index contributed by atoms with van der Waals surface area (Å²) in [6.45, 7) is 10.2. The van der Waals surface area contributed by atoms with Crippen LogP contribution in [0.5, 0.6) is 5.75 Å². The molecule has 0 saturated carbocycles. The lowest BCUT2D eigenvalue weighted by Crippen LogP contribution is -2.33. The van der Waals surface area contributed by atoms with Crippen molar-refractivity contribution in [3.63, 3.8) is 0 Å². The van der Waals surface area contributed by atoms with E-state index in [-0.39, 0.29) is 5.91 Å². The number of thiocarbonyl (C=S) groups is 1. The average molecular weight is 562 g/mol. The smallest absolute Gasteiger partial charge is 0.266 e. The number of hydrogen-bond donors (Lipinski definition) is 0. The van der Waals surface area contributed by atoms with Crippen LogP contribution in [0.3, 0.4) is 0 Å². The Kier molecular flexibility index (Phi) is 10.4. The highest BCUT2D eigenvalue weighted by Gasteiger charge is 2.33. The van der Waals surface area contributed by atoms with Gasteiger partial charge in [-0.1, -0.05) is 89.1 Å². The minimum absolute atomic E-state index is 0.00717. The van der Waals surface area contributed by atoms with Crippen molar-refractivity contribution in [2.24, 2.45) is 11.8 Å². The van der Waals surface area contributed by atoms with Crippen LogP contribution in [0.2, 0.25) is 0 Å². The summed E-state index contributed by atoms with van der Waals surface area (Å²) in [6.07, 6.45) is 9.45. The van der Waals surface area contributed by atoms with E-state index in [9.17, 15) is 4.79 Å². The summed E-state index contributed by atoms with van der Waals surface area (Å²) in [6, 6.07) is 18.1. The van der Waals surface area contributed by atoms with Gasteiger partial charge in [0.25, 0.3) is 5.91 Å². The molecule has 5 nitrogen and oxygen atoms in total. The highest BCUT2D eigenvalue weighted by Crippen LogP contribution is 2.36. The number of thioether (sulfide) groups is 1. The van der Waals surface area contributed by atoms with Crippen molar-refractivity contribution in [1.82, 2.24) is 14.7 Å². The van der Waals surface area contributed by atoms with E-state index in [0.717, 1.165) is 53.9 Å². The van der Waals surface area contributed by atoms with Gasteiger partial charge in [0.05, 0.1) is 22.9 Å². The second-order valence-corrected chi connectivity index (χ2v) is 12.2. The Balaban J connectivity index is 1.62. The van der Waals surface area contributed by atoms with Gasteiger partial charge in [-0.15, -0.1) is 0 Å². The molecule has 0 N–H and O–H groups in total. The number of benzene rings is 2. The van der Waals surface area contributed by atoms with Crippen LogP contribution in [-0.2, 0) is 4.79 Å². The zero-order valence-electron chi connectivity index (χ0n) is 23.4. The minimum Gasteiger partial charge on any atom is -0.494 e. The van der Waals surface area contributed by atoms with Crippen molar-refractivity contribution in [3.8, 4) is 22.7 Å². The van der Waals surface area contributed by atoms with Crippen LogP contribution in [0.1, 0.15) is 65.4 Å². The van der Waals surface area contributed by atoms with E-state index < -0.39 is 0 Å². The Morgan fingerprint density at radius 3 is 2.46 bits per heavy atom. The predicted molar refractivity (Wildman–Crippen MR) is 167 cm³/mol. The number of aromatic nitrogens is 2. The van der Waals surface area contributed by atoms with Gasteiger partial charge in [0.2, 0.25) is 0 Å². The van der Waals surface area contributed by atoms with Crippen molar-refractivity contribution in [2.75, 3.05) is 13.2 Å². The highest BCUT2D eigenvalue weighted by molar-refractivity contribution is 8.26. The fourth-order valence-electron chi connectivity index (χ4n) is 4.53. The third-order valence-electron chi connectivity index (χ3n) is 7.00. The van der Waals surface area contributed by atoms with Gasteiger partial charge < -0.3 is 4.74 Å². The van der Waals surface area contributed by atoms with E-state index >= 15 is 0 Å². The number of para-hydroxylation sites is 1. The second kappa shape index (κ2) is 13.9. The van der Waals surface area contributed by atoms with Crippen molar-refractivity contribution in [2.45, 2.75) is 59.8 Å². The maximum atomic E-state index is 13.5. The van der Waals surface area contributed by atoms with Crippen LogP contribution in [0.4, 0.5) is 0 Å². The number of unbranched alkanes of at least 4 members (excludes halogenated alkanes) is 1. The molecule has 1 amide bonds. The quantitative estimate of drug-likeness (QED) is 0.155. The standard InChI is InChI=1S/C32H39N3O2S2/c1-5-7-11-24(6-2)21-34-31(36)29(39-32(34)38)20-26-22-35(27-12-9-8-10-13-27)33-30(26)25-14-16-28(17-15-25)37-19-18-23(3)4/h8-10,12-17,20,22-24H,5-7,11,18-19,21H2,1-4H3/b29-20+. The van der Waals surface area contributed by atoms with Gasteiger partial charge in [-0.2, -0.15) is 5.10 Å². The van der Waals surface area contributed by atoms with Gasteiger partial charge in [-0.25, -0.2) is 4.68 Å². The van der Waals surface area contributed by atoms with E-state index in [2.05, 4.69) is 27.7 Å². The summed E-state index contributed by atoms with van der Waals surface area (Å²) in [7, 11) is 0. The van der Waals surface area contributed by atoms with Crippen molar-refractivity contribution in [1.29, 1.82) is 0 Å². The molecule has 7 heteroatoms. The first kappa shape index (κ1) is 29.1. The summed E-state index contributed by atoms with van der Waals surface area (Å²) in [4.78, 5) is 15.9. The molecular formula is C32H39N3O2S2. The molecule has 1 aliphatic heterocycles. The van der Waals surface area contributed by atoms with Crippen LogP contribution in [0.15, 0.2) is 65.7 Å². The molecule has 1 aliphatic rings. The first-order valence-electron chi connectivity index (χ1n) is 14.0. The molecule has 0 spiro atoms. The molecule has 39 heavy (non-hydrogen) atoms. The zero-order valence-corrected chi connectivity index (χ0v) is 25.1. The minimum atomic E-state index is -0.00717. The van der Waals surface area contributed by atoms with Gasteiger partial charge in [-0.05, 0) is 67.2 Å². The Labute approximate surface area is 242 Å². The van der Waals surface area contributed by atoms with E-state index in [0.29, 0.717) is 34.2 Å². The summed E-state index contributed by atoms with van der Waals surface area (Å²) in [5.41, 5.74) is 3.62. The topological polar surface area (TPSA) is 47.4 Å².